The van der Waals surface area contributed by atoms with Gasteiger partial charge in [-0.3, -0.25) is 0 Å². The topological polar surface area (TPSA) is 20.2 Å². The van der Waals surface area contributed by atoms with Gasteiger partial charge in [0.25, 0.3) is 0 Å². The first-order valence-corrected chi connectivity index (χ1v) is 4.59. The summed E-state index contributed by atoms with van der Waals surface area (Å²) < 4.78 is 0. The maximum atomic E-state index is 8.38. The van der Waals surface area contributed by atoms with Crippen molar-refractivity contribution >= 4 is 0 Å². The Morgan fingerprint density at radius 1 is 0.867 bits per heavy atom. The number of rotatable bonds is 2. The quantitative estimate of drug-likeness (QED) is 0.734. The van der Waals surface area contributed by atoms with Gasteiger partial charge in [-0.05, 0) is 57.8 Å². The third-order valence-electron chi connectivity index (χ3n) is 1.66. The van der Waals surface area contributed by atoms with Gasteiger partial charge in [0.05, 0.1) is 6.61 Å². The van der Waals surface area contributed by atoms with E-state index < -0.39 is 0 Å². The molecule has 0 bridgehead atoms. The van der Waals surface area contributed by atoms with Gasteiger partial charge < -0.3 is 5.11 Å². The molecule has 0 aromatic heterocycles. The average molecular weight is 242 g/mol. The third kappa shape index (κ3) is 8.07. The number of aliphatic hydroxyl groups is 1. The molecule has 2 aliphatic rings. The van der Waals surface area contributed by atoms with Crippen molar-refractivity contribution in [2.24, 2.45) is 0 Å². The Morgan fingerprint density at radius 3 is 1.73 bits per heavy atom. The summed E-state index contributed by atoms with van der Waals surface area (Å²) in [5.74, 6) is 1.14. The Labute approximate surface area is 105 Å². The minimum atomic E-state index is 0. The van der Waals surface area contributed by atoms with Crippen LogP contribution in [0.3, 0.4) is 0 Å². The molecule has 0 heterocycles. The molecule has 0 unspecified atom stereocenters. The van der Waals surface area contributed by atoms with E-state index in [1.165, 1.54) is 0 Å². The number of allylic oxidation sites excluding steroid dienone is 1. The molecule has 2 saturated carbocycles. The zero-order chi connectivity index (χ0) is 10.1. The molecule has 15 heavy (non-hydrogen) atoms. The van der Waals surface area contributed by atoms with Crippen LogP contribution < -0.4 is 0 Å². The number of hydrogen-bond acceptors (Lipinski definition) is 1. The summed E-state index contributed by atoms with van der Waals surface area (Å²) in [7, 11) is 0. The average Bonchev–Trinajstić information content (AvgIpc) is 2.90. The predicted octanol–water partition coefficient (Wildman–Crippen LogP) is 1.96. The van der Waals surface area contributed by atoms with Crippen molar-refractivity contribution < 1.29 is 22.2 Å². The van der Waals surface area contributed by atoms with Crippen molar-refractivity contribution in [3.8, 4) is 0 Å². The van der Waals surface area contributed by atoms with Crippen LogP contribution in [-0.4, -0.2) is 11.7 Å². The van der Waals surface area contributed by atoms with Crippen molar-refractivity contribution in [3.63, 3.8) is 0 Å². The molecule has 0 aliphatic heterocycles. The van der Waals surface area contributed by atoms with Gasteiger partial charge in [0, 0.05) is 5.92 Å². The first kappa shape index (κ1) is 15.2. The molecule has 1 nitrogen and oxygen atoms in total. The summed E-state index contributed by atoms with van der Waals surface area (Å²) in [6, 6.07) is 0. The van der Waals surface area contributed by atoms with Crippen molar-refractivity contribution in [2.45, 2.75) is 0 Å². The molecule has 2 heteroatoms. The van der Waals surface area contributed by atoms with Crippen LogP contribution >= 0.6 is 0 Å². The fourth-order valence-electron chi connectivity index (χ4n) is 1.01. The second kappa shape index (κ2) is 10.7. The van der Waals surface area contributed by atoms with Crippen molar-refractivity contribution in [2.75, 3.05) is 6.61 Å². The van der Waals surface area contributed by atoms with E-state index in [-0.39, 0.29) is 23.7 Å². The van der Waals surface area contributed by atoms with Gasteiger partial charge in [-0.2, -0.15) is 0 Å². The fourth-order valence-corrected chi connectivity index (χ4v) is 1.01. The van der Waals surface area contributed by atoms with E-state index in [1.807, 2.05) is 63.9 Å². The van der Waals surface area contributed by atoms with Crippen molar-refractivity contribution in [3.05, 3.63) is 75.9 Å². The first-order chi connectivity index (χ1) is 6.93. The van der Waals surface area contributed by atoms with Crippen LogP contribution in [0.25, 0.3) is 0 Å². The van der Waals surface area contributed by atoms with Gasteiger partial charge in [0.15, 0.2) is 0 Å². The van der Waals surface area contributed by atoms with Crippen LogP contribution in [0.5, 0.6) is 0 Å². The fraction of sp³-hybridized carbons (Fsp3) is 0.0769. The van der Waals surface area contributed by atoms with Gasteiger partial charge in [0.2, 0.25) is 0 Å². The molecule has 0 saturated heterocycles. The summed E-state index contributed by atoms with van der Waals surface area (Å²) in [5, 5.41) is 8.38. The Morgan fingerprint density at radius 2 is 1.33 bits per heavy atom. The van der Waals surface area contributed by atoms with Gasteiger partial charge in [-0.1, -0.05) is 12.2 Å². The molecule has 78 valence electrons. The molecule has 10 radical (unpaired) electrons. The predicted molar refractivity (Wildman–Crippen MR) is 58.2 cm³/mol. The molecule has 0 spiro atoms. The van der Waals surface area contributed by atoms with E-state index in [4.69, 9.17) is 5.11 Å². The maximum absolute atomic E-state index is 8.38. The minimum absolute atomic E-state index is 0. The molecule has 2 aliphatic carbocycles. The second-order valence-electron chi connectivity index (χ2n) is 2.77. The summed E-state index contributed by atoms with van der Waals surface area (Å²) >= 11 is 0. The summed E-state index contributed by atoms with van der Waals surface area (Å²) in [6.45, 7) is 0.116. The smallest absolute Gasteiger partial charge is 0.392 e. The standard InChI is InChI=1S/C8H9O.C5H5.Fe/c9-7-3-6-8-4-1-2-5-8;1-2-4-5-3-1;/h1-6,9H,7H2;1-5H;/q;;+2/b6-3+;;. The van der Waals surface area contributed by atoms with Gasteiger partial charge in [0.1, 0.15) is 0 Å². The Bertz CT molecular complexity index is 139. The molecule has 2 fully saturated rings. The van der Waals surface area contributed by atoms with Crippen molar-refractivity contribution in [1.29, 1.82) is 0 Å². The number of aliphatic hydroxyl groups excluding tert-OH is 1. The van der Waals surface area contributed by atoms with E-state index in [9.17, 15) is 0 Å². The Kier molecular flexibility index (Phi) is 10.9. The molecule has 0 atom stereocenters. The first-order valence-electron chi connectivity index (χ1n) is 4.59. The molecular weight excluding hydrogens is 228 g/mol. The summed E-state index contributed by atoms with van der Waals surface area (Å²) in [5.41, 5.74) is 0. The zero-order valence-corrected chi connectivity index (χ0v) is 9.46. The molecule has 0 aromatic carbocycles. The number of hydrogen-bond donors (Lipinski definition) is 1. The van der Waals surface area contributed by atoms with Crippen LogP contribution in [0.2, 0.25) is 0 Å². The van der Waals surface area contributed by atoms with Crippen LogP contribution in [-0.2, 0) is 17.1 Å². The maximum Gasteiger partial charge on any atom is 2.00 e. The van der Waals surface area contributed by atoms with E-state index in [0.717, 1.165) is 5.92 Å². The van der Waals surface area contributed by atoms with Crippen LogP contribution in [0.15, 0.2) is 12.2 Å². The minimum Gasteiger partial charge on any atom is -0.392 e. The Hall–Kier alpha value is 0.219. The molecule has 0 amide bonds. The molecule has 2 rings (SSSR count). The van der Waals surface area contributed by atoms with Crippen molar-refractivity contribution in [1.82, 2.24) is 0 Å². The monoisotopic (exact) mass is 242 g/mol. The van der Waals surface area contributed by atoms with E-state index in [1.54, 1.807) is 6.08 Å². The second-order valence-corrected chi connectivity index (χ2v) is 2.77. The SMILES string of the molecule is OC/C=C/[C]1[CH][CH][CH][CH]1.[CH]1[CH][CH][CH][CH]1.[Fe+2]. The van der Waals surface area contributed by atoms with Crippen LogP contribution in [0.4, 0.5) is 0 Å². The van der Waals surface area contributed by atoms with E-state index >= 15 is 0 Å². The van der Waals surface area contributed by atoms with Gasteiger partial charge in [-0.15, -0.1) is 0 Å². The van der Waals surface area contributed by atoms with Gasteiger partial charge >= 0.3 is 17.1 Å². The third-order valence-corrected chi connectivity index (χ3v) is 1.66. The molecular formula is C13H14FeO+2. The largest absolute Gasteiger partial charge is 2.00 e. The molecule has 1 N–H and O–H groups in total. The van der Waals surface area contributed by atoms with E-state index in [0.29, 0.717) is 0 Å². The normalized spacial score (nSPS) is 21.1. The Balaban J connectivity index is 0.000000280. The van der Waals surface area contributed by atoms with Crippen LogP contribution in [0.1, 0.15) is 0 Å². The summed E-state index contributed by atoms with van der Waals surface area (Å²) in [4.78, 5) is 0. The summed E-state index contributed by atoms with van der Waals surface area (Å²) in [6.07, 6.45) is 21.5. The molecule has 0 aromatic rings. The van der Waals surface area contributed by atoms with E-state index in [2.05, 4.69) is 0 Å². The van der Waals surface area contributed by atoms with Gasteiger partial charge in [-0.25, -0.2) is 0 Å². The van der Waals surface area contributed by atoms with Crippen LogP contribution in [0, 0.1) is 63.7 Å². The zero-order valence-electron chi connectivity index (χ0n) is 8.36.